The molecule has 2 aromatic rings. The van der Waals surface area contributed by atoms with Gasteiger partial charge in [0.15, 0.2) is 0 Å². The summed E-state index contributed by atoms with van der Waals surface area (Å²) in [6, 6.07) is 1.97. The second-order valence-corrected chi connectivity index (χ2v) is 6.13. The second-order valence-electron chi connectivity index (χ2n) is 5.12. The number of carboxylic acid groups (broad SMARTS) is 1. The van der Waals surface area contributed by atoms with Gasteiger partial charge in [0, 0.05) is 24.9 Å². The van der Waals surface area contributed by atoms with E-state index in [0.29, 0.717) is 5.16 Å². The first-order valence-corrected chi connectivity index (χ1v) is 7.91. The summed E-state index contributed by atoms with van der Waals surface area (Å²) in [5, 5.41) is 16.7. The Kier molecular flexibility index (Phi) is 5.07. The fourth-order valence-electron chi connectivity index (χ4n) is 2.08. The van der Waals surface area contributed by atoms with E-state index < -0.39 is 5.97 Å². The normalized spacial score (nSPS) is 11.9. The lowest BCUT2D eigenvalue weighted by molar-refractivity contribution is -0.131. The van der Waals surface area contributed by atoms with Gasteiger partial charge in [-0.2, -0.15) is 0 Å². The minimum absolute atomic E-state index is 0.204. The van der Waals surface area contributed by atoms with Crippen LogP contribution in [0.15, 0.2) is 16.1 Å². The van der Waals surface area contributed by atoms with Crippen molar-refractivity contribution in [2.45, 2.75) is 38.8 Å². The van der Waals surface area contributed by atoms with Gasteiger partial charge in [-0.15, -0.1) is 5.10 Å². The maximum Gasteiger partial charge on any atom is 0.342 e. The molecule has 0 atom stereocenters. The summed E-state index contributed by atoms with van der Waals surface area (Å²) in [5.74, 6) is -0.200. The molecule has 2 rings (SSSR count). The van der Waals surface area contributed by atoms with Crippen molar-refractivity contribution in [2.75, 3.05) is 0 Å². The minimum atomic E-state index is -0.979. The van der Waals surface area contributed by atoms with Crippen molar-refractivity contribution < 1.29 is 9.90 Å². The molecule has 0 aromatic carbocycles. The van der Waals surface area contributed by atoms with Gasteiger partial charge in [-0.25, -0.2) is 9.78 Å². The lowest BCUT2D eigenvalue weighted by Crippen LogP contribution is -1.98. The van der Waals surface area contributed by atoms with Gasteiger partial charge < -0.3 is 9.67 Å². The van der Waals surface area contributed by atoms with E-state index in [2.05, 4.69) is 22.1 Å². The number of hydrogen-bond acceptors (Lipinski definition) is 4. The number of aromatic amines is 1. The molecule has 0 aliphatic carbocycles. The molecule has 0 spiro atoms. The molecule has 0 unspecified atom stereocenters. The summed E-state index contributed by atoms with van der Waals surface area (Å²) in [6.45, 7) is 6.01. The largest absolute Gasteiger partial charge is 0.477 e. The topological polar surface area (TPSA) is 83.8 Å². The molecule has 2 N–H and O–H groups in total. The molecule has 2 heterocycles. The van der Waals surface area contributed by atoms with Crippen LogP contribution < -0.4 is 0 Å². The lowest BCUT2D eigenvalue weighted by Gasteiger charge is -2.01. The molecule has 0 saturated carbocycles. The maximum atomic E-state index is 11.5. The predicted octanol–water partition coefficient (Wildman–Crippen LogP) is 2.93. The van der Waals surface area contributed by atoms with Gasteiger partial charge in [-0.1, -0.05) is 6.92 Å². The summed E-state index contributed by atoms with van der Waals surface area (Å²) < 4.78 is 2.03. The van der Waals surface area contributed by atoms with Crippen LogP contribution in [0.1, 0.15) is 36.1 Å². The monoisotopic (exact) mass is 320 g/mol. The molecule has 0 bridgehead atoms. The number of carboxylic acids is 1. The quantitative estimate of drug-likeness (QED) is 0.631. The Bertz CT molecular complexity index is 715. The molecular weight excluding hydrogens is 300 g/mol. The van der Waals surface area contributed by atoms with Gasteiger partial charge in [0.05, 0.1) is 0 Å². The Labute approximate surface area is 133 Å². The summed E-state index contributed by atoms with van der Waals surface area (Å²) >= 11 is 1.06. The zero-order chi connectivity index (χ0) is 16.3. The molecule has 0 amide bonds. The molecule has 0 aliphatic rings. The third kappa shape index (κ3) is 3.59. The van der Waals surface area contributed by atoms with E-state index >= 15 is 0 Å². The van der Waals surface area contributed by atoms with Crippen molar-refractivity contribution in [1.82, 2.24) is 19.7 Å². The van der Waals surface area contributed by atoms with Crippen molar-refractivity contribution in [3.8, 4) is 0 Å². The number of hydrogen-bond donors (Lipinski definition) is 2. The van der Waals surface area contributed by atoms with Gasteiger partial charge >= 0.3 is 5.97 Å². The Morgan fingerprint density at radius 2 is 2.23 bits per heavy atom. The molecule has 0 saturated heterocycles. The smallest absolute Gasteiger partial charge is 0.342 e. The van der Waals surface area contributed by atoms with Crippen LogP contribution in [0.5, 0.6) is 0 Å². The summed E-state index contributed by atoms with van der Waals surface area (Å²) in [5.41, 5.74) is 3.01. The van der Waals surface area contributed by atoms with E-state index in [1.807, 2.05) is 31.5 Å². The Morgan fingerprint density at radius 1 is 1.50 bits per heavy atom. The number of thioether (sulfide) groups is 1. The van der Waals surface area contributed by atoms with Gasteiger partial charge in [-0.3, -0.25) is 5.10 Å². The van der Waals surface area contributed by atoms with Crippen LogP contribution in [0.3, 0.4) is 0 Å². The Morgan fingerprint density at radius 3 is 2.77 bits per heavy atom. The number of H-pyrrole nitrogens is 1. The van der Waals surface area contributed by atoms with Crippen LogP contribution in [0.4, 0.5) is 0 Å². The Balaban J connectivity index is 2.27. The minimum Gasteiger partial charge on any atom is -0.477 e. The average Bonchev–Trinajstić information content (AvgIpc) is 3.00. The van der Waals surface area contributed by atoms with Crippen LogP contribution in [-0.4, -0.2) is 30.8 Å². The average molecular weight is 320 g/mol. The molecule has 118 valence electrons. The molecular formula is C15H20N4O2S. The van der Waals surface area contributed by atoms with E-state index in [0.717, 1.165) is 47.4 Å². The third-order valence-electron chi connectivity index (χ3n) is 3.51. The highest BCUT2D eigenvalue weighted by Gasteiger charge is 2.15. The first kappa shape index (κ1) is 16.4. The number of nitrogens with zero attached hydrogens (tertiary/aromatic N) is 3. The van der Waals surface area contributed by atoms with Crippen molar-refractivity contribution in [3.63, 3.8) is 0 Å². The van der Waals surface area contributed by atoms with Gasteiger partial charge in [0.1, 0.15) is 10.7 Å². The molecule has 0 aliphatic heterocycles. The highest BCUT2D eigenvalue weighted by molar-refractivity contribution is 8.04. The van der Waals surface area contributed by atoms with Gasteiger partial charge in [-0.05, 0) is 49.7 Å². The van der Waals surface area contributed by atoms with E-state index in [1.54, 1.807) is 6.08 Å². The molecule has 7 heteroatoms. The van der Waals surface area contributed by atoms with Crippen LogP contribution in [0.25, 0.3) is 6.08 Å². The van der Waals surface area contributed by atoms with E-state index in [4.69, 9.17) is 0 Å². The number of aryl methyl sites for hydroxylation is 2. The second kappa shape index (κ2) is 6.83. The van der Waals surface area contributed by atoms with E-state index in [9.17, 15) is 9.90 Å². The summed E-state index contributed by atoms with van der Waals surface area (Å²) in [4.78, 5) is 16.0. The number of carbonyl (C=O) groups is 1. The summed E-state index contributed by atoms with van der Waals surface area (Å²) in [6.07, 6.45) is 3.44. The summed E-state index contributed by atoms with van der Waals surface area (Å²) in [7, 11) is 1.96. The number of nitrogens with one attached hydrogen (secondary N) is 1. The molecule has 0 radical (unpaired) electrons. The van der Waals surface area contributed by atoms with Crippen molar-refractivity contribution in [1.29, 1.82) is 0 Å². The maximum absolute atomic E-state index is 11.5. The predicted molar refractivity (Wildman–Crippen MR) is 86.7 cm³/mol. The molecule has 2 aromatic heterocycles. The van der Waals surface area contributed by atoms with Gasteiger partial charge in [0.25, 0.3) is 0 Å². The number of aromatic nitrogens is 4. The highest BCUT2D eigenvalue weighted by Crippen LogP contribution is 2.27. The molecule has 6 nitrogen and oxygen atoms in total. The first-order valence-electron chi connectivity index (χ1n) is 7.09. The van der Waals surface area contributed by atoms with Crippen molar-refractivity contribution in [3.05, 3.63) is 33.7 Å². The fraction of sp³-hybridized carbons (Fsp3) is 0.400. The highest BCUT2D eigenvalue weighted by atomic mass is 32.2. The first-order chi connectivity index (χ1) is 10.4. The number of rotatable bonds is 6. The fourth-order valence-corrected chi connectivity index (χ4v) is 2.79. The number of aliphatic carboxylic acids is 1. The van der Waals surface area contributed by atoms with Crippen LogP contribution in [0, 0.1) is 13.8 Å². The van der Waals surface area contributed by atoms with Gasteiger partial charge in [0.2, 0.25) is 5.16 Å². The van der Waals surface area contributed by atoms with Crippen LogP contribution in [0.2, 0.25) is 0 Å². The van der Waals surface area contributed by atoms with Crippen molar-refractivity contribution in [2.24, 2.45) is 7.05 Å². The Hall–Kier alpha value is -2.02. The standard InChI is InChI=1S/C15H20N4O2S/c1-5-6-13-16-15(18-17-13)22-12(14(20)21)8-11-7-9(2)19(4)10(11)3/h7-8H,5-6H2,1-4H3,(H,20,21)(H,16,17,18)/b12-8-. The molecule has 0 fully saturated rings. The molecule has 22 heavy (non-hydrogen) atoms. The van der Waals surface area contributed by atoms with Crippen LogP contribution in [-0.2, 0) is 18.3 Å². The zero-order valence-electron chi connectivity index (χ0n) is 13.2. The third-order valence-corrected chi connectivity index (χ3v) is 4.39. The van der Waals surface area contributed by atoms with E-state index in [1.165, 1.54) is 0 Å². The van der Waals surface area contributed by atoms with Crippen molar-refractivity contribution >= 4 is 23.8 Å². The SMILES string of the molecule is CCCc1nc(S/C(=C\c2cc(C)n(C)c2C)C(=O)O)n[nH]1. The zero-order valence-corrected chi connectivity index (χ0v) is 14.0. The lowest BCUT2D eigenvalue weighted by atomic mass is 10.2. The van der Waals surface area contributed by atoms with E-state index in [-0.39, 0.29) is 4.91 Å². The van der Waals surface area contributed by atoms with Crippen LogP contribution >= 0.6 is 11.8 Å².